The van der Waals surface area contributed by atoms with Crippen molar-refractivity contribution in [2.75, 3.05) is 24.6 Å². The lowest BCUT2D eigenvalue weighted by Crippen LogP contribution is -2.12. The van der Waals surface area contributed by atoms with Gasteiger partial charge in [0.25, 0.3) is 0 Å². The highest BCUT2D eigenvalue weighted by Crippen LogP contribution is 2.61. The first kappa shape index (κ1) is 21.5. The van der Waals surface area contributed by atoms with Crippen LogP contribution in [0.5, 0.6) is 0 Å². The van der Waals surface area contributed by atoms with Gasteiger partial charge in [-0.15, -0.1) is 31.2 Å². The van der Waals surface area contributed by atoms with Crippen molar-refractivity contribution in [3.63, 3.8) is 0 Å². The van der Waals surface area contributed by atoms with E-state index in [2.05, 4.69) is 27.7 Å². The van der Waals surface area contributed by atoms with Crippen LogP contribution in [0.3, 0.4) is 0 Å². The molecule has 0 unspecified atom stereocenters. The molecule has 0 heterocycles. The fourth-order valence-corrected chi connectivity index (χ4v) is 7.93. The van der Waals surface area contributed by atoms with Crippen molar-refractivity contribution >= 4 is 31.2 Å². The molecule has 0 amide bonds. The molecule has 0 saturated heterocycles. The Hall–Kier alpha value is 1.16. The van der Waals surface area contributed by atoms with Gasteiger partial charge in [-0.3, -0.25) is 0 Å². The van der Waals surface area contributed by atoms with Crippen LogP contribution in [0.25, 0.3) is 0 Å². The highest BCUT2D eigenvalue weighted by atomic mass is 127. The summed E-state index contributed by atoms with van der Waals surface area (Å²) in [5, 5.41) is 0. The minimum atomic E-state index is -0.562. The molecule has 0 aliphatic rings. The minimum absolute atomic E-state index is 0. The average Bonchev–Trinajstić information content (AvgIpc) is 2.37. The average molecular weight is 387 g/mol. The van der Waals surface area contributed by atoms with Crippen molar-refractivity contribution in [1.29, 1.82) is 0 Å². The first-order valence-corrected chi connectivity index (χ1v) is 10.6. The van der Waals surface area contributed by atoms with Crippen LogP contribution in [0.4, 0.5) is 0 Å². The summed E-state index contributed by atoms with van der Waals surface area (Å²) in [5.74, 6) is 0. The predicted octanol–water partition coefficient (Wildman–Crippen LogP) is 6.82. The first-order chi connectivity index (χ1) is 8.24. The van der Waals surface area contributed by atoms with Crippen molar-refractivity contribution < 1.29 is 0 Å². The second-order valence-electron chi connectivity index (χ2n) is 5.65. The van der Waals surface area contributed by atoms with Gasteiger partial charge in [-0.05, 0) is 50.3 Å². The Bertz CT molecular complexity index is 122. The molecule has 0 spiro atoms. The highest BCUT2D eigenvalue weighted by molar-refractivity contribution is 14.0. The highest BCUT2D eigenvalue weighted by Gasteiger charge is 2.24. The summed E-state index contributed by atoms with van der Waals surface area (Å²) >= 11 is 0. The van der Waals surface area contributed by atoms with Gasteiger partial charge >= 0.3 is 0 Å². The van der Waals surface area contributed by atoms with Crippen LogP contribution in [0, 0.1) is 0 Å². The molecule has 0 bridgehead atoms. The van der Waals surface area contributed by atoms with Gasteiger partial charge < -0.3 is 0 Å². The zero-order valence-electron chi connectivity index (χ0n) is 13.3. The van der Waals surface area contributed by atoms with Gasteiger partial charge in [0.05, 0.1) is 0 Å². The topological polar surface area (TPSA) is 0 Å². The molecule has 0 aliphatic heterocycles. The number of hydrogen-bond acceptors (Lipinski definition) is 0. The van der Waals surface area contributed by atoms with Crippen LogP contribution in [-0.2, 0) is 0 Å². The lowest BCUT2D eigenvalue weighted by Gasteiger charge is -2.37. The number of hydrogen-bond donors (Lipinski definition) is 0. The van der Waals surface area contributed by atoms with Gasteiger partial charge in [0.2, 0.25) is 0 Å². The summed E-state index contributed by atoms with van der Waals surface area (Å²) in [5.41, 5.74) is 0. The molecule has 2 heteroatoms. The van der Waals surface area contributed by atoms with Crippen molar-refractivity contribution in [3.05, 3.63) is 0 Å². The Morgan fingerprint density at radius 2 is 0.722 bits per heavy atom. The second-order valence-corrected chi connectivity index (χ2v) is 10.1. The van der Waals surface area contributed by atoms with Crippen LogP contribution in [0.2, 0.25) is 0 Å². The van der Waals surface area contributed by atoms with Crippen LogP contribution in [-0.4, -0.2) is 24.6 Å². The van der Waals surface area contributed by atoms with Gasteiger partial charge in [0.15, 0.2) is 0 Å². The van der Waals surface area contributed by atoms with Crippen molar-refractivity contribution in [2.24, 2.45) is 0 Å². The lowest BCUT2D eigenvalue weighted by molar-refractivity contribution is 0.814. The molecule has 0 aromatic carbocycles. The Balaban J connectivity index is 0. The molecule has 0 aliphatic carbocycles. The van der Waals surface area contributed by atoms with Gasteiger partial charge in [-0.2, -0.15) is 0 Å². The molecule has 0 fully saturated rings. The third kappa shape index (κ3) is 10.0. The third-order valence-electron chi connectivity index (χ3n) is 3.94. The van der Waals surface area contributed by atoms with E-state index in [1.165, 1.54) is 51.4 Å². The van der Waals surface area contributed by atoms with Crippen LogP contribution in [0.15, 0.2) is 0 Å². The van der Waals surface area contributed by atoms with E-state index >= 15 is 0 Å². The Labute approximate surface area is 134 Å². The maximum absolute atomic E-state index is 2.36. The number of halogens is 1. The summed E-state index contributed by atoms with van der Waals surface area (Å²) in [4.78, 5) is 0. The third-order valence-corrected chi connectivity index (χ3v) is 9.00. The fraction of sp³-hybridized carbons (Fsp3) is 1.00. The monoisotopic (exact) mass is 387 g/mol. The summed E-state index contributed by atoms with van der Waals surface area (Å²) in [6, 6.07) is 0. The molecule has 0 aromatic rings. The number of rotatable bonds is 12. The zero-order chi connectivity index (χ0) is 13.0. The first-order valence-electron chi connectivity index (χ1n) is 8.09. The van der Waals surface area contributed by atoms with E-state index in [0.29, 0.717) is 0 Å². The zero-order valence-corrected chi connectivity index (χ0v) is 16.6. The SMILES string of the molecule is CCCC[P](CCCC)(CCCC)CCCC.I. The Morgan fingerprint density at radius 3 is 0.889 bits per heavy atom. The summed E-state index contributed by atoms with van der Waals surface area (Å²) < 4.78 is 0. The van der Waals surface area contributed by atoms with E-state index in [-0.39, 0.29) is 24.0 Å². The lowest BCUT2D eigenvalue weighted by atomic mass is 10.4. The summed E-state index contributed by atoms with van der Waals surface area (Å²) in [6.45, 7) is 9.42. The van der Waals surface area contributed by atoms with E-state index < -0.39 is 7.26 Å². The summed E-state index contributed by atoms with van der Waals surface area (Å²) in [7, 11) is -0.562. The van der Waals surface area contributed by atoms with Gasteiger partial charge in [-0.1, -0.05) is 53.4 Å². The molecule has 113 valence electrons. The van der Waals surface area contributed by atoms with Gasteiger partial charge in [-0.25, -0.2) is 0 Å². The molecule has 1 radical (unpaired) electrons. The van der Waals surface area contributed by atoms with E-state index in [1.807, 2.05) is 0 Å². The largest absolute Gasteiger partial charge is 0.125 e. The van der Waals surface area contributed by atoms with Crippen LogP contribution < -0.4 is 0 Å². The number of unbranched alkanes of at least 4 members (excludes halogenated alkanes) is 4. The van der Waals surface area contributed by atoms with Crippen molar-refractivity contribution in [1.82, 2.24) is 0 Å². The standard InChI is InChI=1S/C16H36P.HI/c1-5-9-13-17(14-10-6-2,15-11-7-3)16-12-8-4;/h5-16H2,1-4H3;1H. The van der Waals surface area contributed by atoms with Crippen LogP contribution >= 0.6 is 31.2 Å². The van der Waals surface area contributed by atoms with Crippen molar-refractivity contribution in [2.45, 2.75) is 79.1 Å². The molecular formula is C16H37IP. The maximum atomic E-state index is 2.36. The molecule has 0 atom stereocenters. The molecule has 0 saturated carbocycles. The van der Waals surface area contributed by atoms with Gasteiger partial charge in [0.1, 0.15) is 0 Å². The van der Waals surface area contributed by atoms with E-state index in [1.54, 1.807) is 24.6 Å². The van der Waals surface area contributed by atoms with Gasteiger partial charge in [0, 0.05) is 0 Å². The Morgan fingerprint density at radius 1 is 0.500 bits per heavy atom. The molecule has 0 nitrogen and oxygen atoms in total. The fourth-order valence-electron chi connectivity index (χ4n) is 2.64. The smallest absolute Gasteiger partial charge is 0.0359 e. The second kappa shape index (κ2) is 14.6. The van der Waals surface area contributed by atoms with Crippen molar-refractivity contribution in [3.8, 4) is 0 Å². The quantitative estimate of drug-likeness (QED) is 0.255. The summed E-state index contributed by atoms with van der Waals surface area (Å²) in [6.07, 6.45) is 17.9. The predicted molar refractivity (Wildman–Crippen MR) is 101 cm³/mol. The van der Waals surface area contributed by atoms with E-state index in [4.69, 9.17) is 0 Å². The van der Waals surface area contributed by atoms with E-state index in [9.17, 15) is 0 Å². The molecular weight excluding hydrogens is 350 g/mol. The Kier molecular flexibility index (Phi) is 17.4. The normalized spacial score (nSPS) is 11.3. The molecule has 18 heavy (non-hydrogen) atoms. The van der Waals surface area contributed by atoms with E-state index in [0.717, 1.165) is 0 Å². The molecule has 0 aromatic heterocycles. The maximum Gasteiger partial charge on any atom is -0.0359 e. The molecule has 0 N–H and O–H groups in total. The van der Waals surface area contributed by atoms with Crippen LogP contribution in [0.1, 0.15) is 79.1 Å². The molecule has 0 rings (SSSR count). The minimum Gasteiger partial charge on any atom is -0.125 e.